The van der Waals surface area contributed by atoms with Gasteiger partial charge in [-0.2, -0.15) is 10.6 Å². The van der Waals surface area contributed by atoms with Crippen molar-refractivity contribution in [2.24, 2.45) is 5.92 Å². The fourth-order valence-corrected chi connectivity index (χ4v) is 4.24. The van der Waals surface area contributed by atoms with E-state index in [1.807, 2.05) is 32.0 Å². The molecule has 2 heterocycles. The number of urea groups is 1. The van der Waals surface area contributed by atoms with Crippen LogP contribution in [-0.4, -0.2) is 63.2 Å². The number of carbonyl (C=O) groups is 1. The van der Waals surface area contributed by atoms with E-state index in [0.29, 0.717) is 49.4 Å². The lowest BCUT2D eigenvalue weighted by molar-refractivity contribution is 0.0985. The third-order valence-electron chi connectivity index (χ3n) is 5.34. The Morgan fingerprint density at radius 2 is 2.00 bits per heavy atom. The Balaban J connectivity index is 1.86. The standard InChI is InChI=1S/C23H35N5O4S/c1-5-33(30,31)15-20-12-21(28-10-11-32-14-17(28)4)27-22(25-20)18-6-8-19(9-7-18)26-23(29)24-13-16(2)3/h6-9,12,16-17,30-31H,5,10-11,13-15H2,1-4H3,(H2,24,26,29)/t17-/m0/s1. The third-order valence-corrected chi connectivity index (χ3v) is 7.02. The molecule has 4 N–H and O–H groups in total. The molecule has 1 aliphatic rings. The summed E-state index contributed by atoms with van der Waals surface area (Å²) in [6, 6.07) is 9.04. The first-order valence-electron chi connectivity index (χ1n) is 11.3. The zero-order chi connectivity index (χ0) is 24.0. The quantitative estimate of drug-likeness (QED) is 0.444. The summed E-state index contributed by atoms with van der Waals surface area (Å²) < 4.78 is 26.1. The van der Waals surface area contributed by atoms with Crippen molar-refractivity contribution < 1.29 is 18.6 Å². The molecule has 10 heteroatoms. The second kappa shape index (κ2) is 11.1. The van der Waals surface area contributed by atoms with Crippen molar-refractivity contribution in [3.63, 3.8) is 0 Å². The van der Waals surface area contributed by atoms with Gasteiger partial charge in [-0.3, -0.25) is 9.11 Å². The molecule has 1 saturated heterocycles. The first-order valence-corrected chi connectivity index (χ1v) is 13.2. The minimum absolute atomic E-state index is 0.0837. The van der Waals surface area contributed by atoms with Gasteiger partial charge in [-0.1, -0.05) is 13.8 Å². The molecule has 0 radical (unpaired) electrons. The van der Waals surface area contributed by atoms with Crippen molar-refractivity contribution in [1.29, 1.82) is 0 Å². The number of anilines is 2. The van der Waals surface area contributed by atoms with E-state index >= 15 is 0 Å². The summed E-state index contributed by atoms with van der Waals surface area (Å²) in [4.78, 5) is 23.6. The van der Waals surface area contributed by atoms with Crippen molar-refractivity contribution in [3.05, 3.63) is 36.0 Å². The van der Waals surface area contributed by atoms with Gasteiger partial charge >= 0.3 is 6.03 Å². The highest BCUT2D eigenvalue weighted by Gasteiger charge is 2.23. The number of rotatable bonds is 8. The molecular formula is C23H35N5O4S. The lowest BCUT2D eigenvalue weighted by Crippen LogP contribution is -2.44. The van der Waals surface area contributed by atoms with Crippen molar-refractivity contribution in [3.8, 4) is 11.4 Å². The second-order valence-corrected chi connectivity index (χ2v) is 11.2. The zero-order valence-electron chi connectivity index (χ0n) is 19.7. The second-order valence-electron chi connectivity index (χ2n) is 8.70. The summed E-state index contributed by atoms with van der Waals surface area (Å²) in [6.07, 6.45) is 0. The van der Waals surface area contributed by atoms with Crippen LogP contribution in [0.4, 0.5) is 16.3 Å². The lowest BCUT2D eigenvalue weighted by atomic mass is 10.2. The first-order chi connectivity index (χ1) is 15.7. The summed E-state index contributed by atoms with van der Waals surface area (Å²) in [5.74, 6) is 1.97. The Morgan fingerprint density at radius 3 is 2.64 bits per heavy atom. The van der Waals surface area contributed by atoms with Crippen LogP contribution >= 0.6 is 10.6 Å². The van der Waals surface area contributed by atoms with Crippen molar-refractivity contribution in [1.82, 2.24) is 15.3 Å². The molecule has 2 aromatic rings. The van der Waals surface area contributed by atoms with E-state index in [-0.39, 0.29) is 23.6 Å². The molecular weight excluding hydrogens is 442 g/mol. The molecule has 1 aliphatic heterocycles. The lowest BCUT2D eigenvalue weighted by Gasteiger charge is -2.35. The van der Waals surface area contributed by atoms with E-state index in [4.69, 9.17) is 9.72 Å². The number of nitrogens with zero attached hydrogens (tertiary/aromatic N) is 3. The molecule has 9 nitrogen and oxygen atoms in total. The van der Waals surface area contributed by atoms with Crippen LogP contribution in [0.5, 0.6) is 0 Å². The summed E-state index contributed by atoms with van der Waals surface area (Å²) in [5.41, 5.74) is 2.03. The van der Waals surface area contributed by atoms with Crippen molar-refractivity contribution in [2.75, 3.05) is 42.3 Å². The van der Waals surface area contributed by atoms with Gasteiger partial charge in [0, 0.05) is 36.2 Å². The Labute approximate surface area is 197 Å². The maximum absolute atomic E-state index is 12.0. The monoisotopic (exact) mass is 477 g/mol. The SMILES string of the molecule is CCS(O)(O)Cc1cc(N2CCOC[C@@H]2C)nc(-c2ccc(NC(=O)NCC(C)C)cc2)n1. The van der Waals surface area contributed by atoms with Crippen LogP contribution in [0.1, 0.15) is 33.4 Å². The molecule has 1 fully saturated rings. The van der Waals surface area contributed by atoms with E-state index in [2.05, 4.69) is 27.4 Å². The van der Waals surface area contributed by atoms with E-state index in [0.717, 1.165) is 11.4 Å². The summed E-state index contributed by atoms with van der Waals surface area (Å²) in [7, 11) is -2.75. The topological polar surface area (TPSA) is 120 Å². The third kappa shape index (κ3) is 7.29. The van der Waals surface area contributed by atoms with Crippen LogP contribution in [0, 0.1) is 5.92 Å². The van der Waals surface area contributed by atoms with E-state index in [9.17, 15) is 13.9 Å². The Hall–Kier alpha value is -2.40. The normalized spacial score (nSPS) is 17.2. The number of nitrogens with one attached hydrogen (secondary N) is 2. The van der Waals surface area contributed by atoms with Gasteiger partial charge in [0.15, 0.2) is 5.82 Å². The predicted octanol–water partition coefficient (Wildman–Crippen LogP) is 4.42. The Morgan fingerprint density at radius 1 is 1.27 bits per heavy atom. The van der Waals surface area contributed by atoms with Gasteiger partial charge in [-0.25, -0.2) is 14.8 Å². The van der Waals surface area contributed by atoms with E-state index in [1.165, 1.54) is 0 Å². The molecule has 0 saturated carbocycles. The van der Waals surface area contributed by atoms with Crippen molar-refractivity contribution >= 4 is 28.1 Å². The Kier molecular flexibility index (Phi) is 8.52. The molecule has 1 aromatic carbocycles. The maximum Gasteiger partial charge on any atom is 0.319 e. The number of aromatic nitrogens is 2. The summed E-state index contributed by atoms with van der Waals surface area (Å²) >= 11 is 0. The van der Waals surface area contributed by atoms with Gasteiger partial charge in [0.2, 0.25) is 0 Å². The molecule has 0 spiro atoms. The highest BCUT2D eigenvalue weighted by molar-refractivity contribution is 8.23. The summed E-state index contributed by atoms with van der Waals surface area (Å²) in [6.45, 7) is 10.4. The molecule has 3 rings (SSSR count). The fraction of sp³-hybridized carbons (Fsp3) is 0.522. The largest absolute Gasteiger partial charge is 0.377 e. The number of amides is 2. The number of hydrogen-bond donors (Lipinski definition) is 4. The minimum Gasteiger partial charge on any atom is -0.377 e. The molecule has 2 amide bonds. The van der Waals surface area contributed by atoms with Gasteiger partial charge in [0.25, 0.3) is 0 Å². The van der Waals surface area contributed by atoms with Crippen LogP contribution in [-0.2, 0) is 10.5 Å². The smallest absolute Gasteiger partial charge is 0.319 e. The molecule has 182 valence electrons. The number of hydrogen-bond acceptors (Lipinski definition) is 7. The molecule has 1 aromatic heterocycles. The molecule has 1 atom stereocenters. The number of morpholine rings is 1. The molecule has 0 bridgehead atoms. The zero-order valence-corrected chi connectivity index (χ0v) is 20.6. The average Bonchev–Trinajstić information content (AvgIpc) is 2.78. The molecule has 0 aliphatic carbocycles. The van der Waals surface area contributed by atoms with Gasteiger partial charge < -0.3 is 20.3 Å². The summed E-state index contributed by atoms with van der Waals surface area (Å²) in [5, 5.41) is 5.64. The highest BCUT2D eigenvalue weighted by Crippen LogP contribution is 2.42. The number of carbonyl (C=O) groups excluding carboxylic acids is 1. The van der Waals surface area contributed by atoms with Crippen molar-refractivity contribution in [2.45, 2.75) is 39.5 Å². The fourth-order valence-electron chi connectivity index (χ4n) is 3.41. The van der Waals surface area contributed by atoms with Crippen LogP contribution in [0.3, 0.4) is 0 Å². The number of ether oxygens (including phenoxy) is 1. The minimum atomic E-state index is -2.75. The van der Waals surface area contributed by atoms with Gasteiger partial charge in [-0.15, -0.1) is 0 Å². The van der Waals surface area contributed by atoms with Gasteiger partial charge in [0.1, 0.15) is 5.82 Å². The predicted molar refractivity (Wildman–Crippen MR) is 134 cm³/mol. The molecule has 33 heavy (non-hydrogen) atoms. The van der Waals surface area contributed by atoms with E-state index in [1.54, 1.807) is 19.1 Å². The van der Waals surface area contributed by atoms with Gasteiger partial charge in [-0.05, 0) is 44.0 Å². The van der Waals surface area contributed by atoms with Crippen LogP contribution in [0.25, 0.3) is 11.4 Å². The highest BCUT2D eigenvalue weighted by atomic mass is 32.3. The van der Waals surface area contributed by atoms with Crippen LogP contribution in [0.2, 0.25) is 0 Å². The van der Waals surface area contributed by atoms with Crippen LogP contribution < -0.4 is 15.5 Å². The van der Waals surface area contributed by atoms with E-state index < -0.39 is 10.6 Å². The van der Waals surface area contributed by atoms with Gasteiger partial charge in [0.05, 0.1) is 30.7 Å². The first kappa shape index (κ1) is 25.2. The maximum atomic E-state index is 12.0. The average molecular weight is 478 g/mol. The Bertz CT molecular complexity index is 939. The van der Waals surface area contributed by atoms with Crippen LogP contribution in [0.15, 0.2) is 30.3 Å². The number of benzene rings is 1. The molecule has 0 unspecified atom stereocenters.